The molecule has 136 valence electrons. The minimum Gasteiger partial charge on any atom is -0.482 e. The summed E-state index contributed by atoms with van der Waals surface area (Å²) in [6.07, 6.45) is 3.83. The zero-order chi connectivity index (χ0) is 18.6. The van der Waals surface area contributed by atoms with Gasteiger partial charge in [-0.25, -0.2) is 4.79 Å². The summed E-state index contributed by atoms with van der Waals surface area (Å²) in [6.45, 7) is -0.384. The van der Waals surface area contributed by atoms with E-state index < -0.39 is 11.4 Å². The Bertz CT molecular complexity index is 764. The number of anilines is 1. The molecule has 0 radical (unpaired) electrons. The smallest absolute Gasteiger partial charge is 0.341 e. The van der Waals surface area contributed by atoms with Crippen LogP contribution in [0.5, 0.6) is 5.75 Å². The Hall–Kier alpha value is -2.82. The molecule has 26 heavy (non-hydrogen) atoms. The monoisotopic (exact) mass is 353 g/mol. The predicted molar refractivity (Wildman–Crippen MR) is 99.6 cm³/mol. The quantitative estimate of drug-likeness (QED) is 0.861. The molecular formula is C21H23NO4. The van der Waals surface area contributed by atoms with Crippen LogP contribution in [0.3, 0.4) is 0 Å². The Labute approximate surface area is 153 Å². The normalized spacial score (nSPS) is 15.4. The molecule has 0 aromatic heterocycles. The second kappa shape index (κ2) is 7.60. The average Bonchev–Trinajstić information content (AvgIpc) is 3.17. The zero-order valence-corrected chi connectivity index (χ0v) is 14.9. The van der Waals surface area contributed by atoms with E-state index in [2.05, 4.69) is 0 Å². The van der Waals surface area contributed by atoms with Crippen molar-refractivity contribution in [1.82, 2.24) is 0 Å². The van der Waals surface area contributed by atoms with Crippen LogP contribution in [0.15, 0.2) is 54.6 Å². The van der Waals surface area contributed by atoms with Crippen LogP contribution < -0.4 is 9.64 Å². The van der Waals surface area contributed by atoms with Crippen molar-refractivity contribution in [3.05, 3.63) is 60.2 Å². The summed E-state index contributed by atoms with van der Waals surface area (Å²) < 4.78 is 5.15. The van der Waals surface area contributed by atoms with Gasteiger partial charge in [-0.3, -0.25) is 4.79 Å². The maximum absolute atomic E-state index is 13.4. The Morgan fingerprint density at radius 3 is 2.23 bits per heavy atom. The molecule has 3 rings (SSSR count). The molecule has 0 spiro atoms. The number of amides is 1. The highest BCUT2D eigenvalue weighted by Gasteiger charge is 2.44. The molecule has 5 nitrogen and oxygen atoms in total. The van der Waals surface area contributed by atoms with Crippen molar-refractivity contribution >= 4 is 17.6 Å². The Balaban J connectivity index is 1.81. The van der Waals surface area contributed by atoms with Crippen molar-refractivity contribution in [1.29, 1.82) is 0 Å². The first-order valence-electron chi connectivity index (χ1n) is 8.81. The molecule has 0 heterocycles. The van der Waals surface area contributed by atoms with E-state index in [9.17, 15) is 9.59 Å². The second-order valence-electron chi connectivity index (χ2n) is 6.70. The first-order valence-corrected chi connectivity index (χ1v) is 8.81. The van der Waals surface area contributed by atoms with Gasteiger partial charge < -0.3 is 14.7 Å². The number of carboxylic acids is 1. The first-order chi connectivity index (χ1) is 12.5. The van der Waals surface area contributed by atoms with Crippen LogP contribution in [0.4, 0.5) is 5.69 Å². The van der Waals surface area contributed by atoms with E-state index in [1.165, 1.54) is 0 Å². The van der Waals surface area contributed by atoms with Crippen molar-refractivity contribution < 1.29 is 19.4 Å². The van der Waals surface area contributed by atoms with Gasteiger partial charge in [0.2, 0.25) is 5.91 Å². The lowest BCUT2D eigenvalue weighted by Crippen LogP contribution is -2.43. The number of benzene rings is 2. The molecule has 0 unspecified atom stereocenters. The Morgan fingerprint density at radius 1 is 1.04 bits per heavy atom. The van der Waals surface area contributed by atoms with Crippen molar-refractivity contribution in [2.75, 3.05) is 18.6 Å². The molecule has 2 aromatic carbocycles. The van der Waals surface area contributed by atoms with Crippen LogP contribution in [-0.4, -0.2) is 30.6 Å². The molecule has 5 heteroatoms. The summed E-state index contributed by atoms with van der Waals surface area (Å²) in [4.78, 5) is 25.7. The molecule has 1 saturated carbocycles. The number of carbonyl (C=O) groups is 2. The van der Waals surface area contributed by atoms with Crippen LogP contribution in [-0.2, 0) is 15.0 Å². The summed E-state index contributed by atoms with van der Waals surface area (Å²) in [7, 11) is 1.79. The second-order valence-corrected chi connectivity index (χ2v) is 6.70. The average molecular weight is 353 g/mol. The first kappa shape index (κ1) is 18.0. The number of likely N-dealkylation sites (N-methyl/N-ethyl adjacent to an activating group) is 1. The number of aliphatic carboxylic acids is 1. The number of nitrogens with zero attached hydrogens (tertiary/aromatic N) is 1. The van der Waals surface area contributed by atoms with Gasteiger partial charge in [0.05, 0.1) is 5.41 Å². The number of carbonyl (C=O) groups excluding carboxylic acids is 1. The largest absolute Gasteiger partial charge is 0.482 e. The summed E-state index contributed by atoms with van der Waals surface area (Å²) in [5.41, 5.74) is 1.38. The lowest BCUT2D eigenvalue weighted by atomic mass is 9.77. The molecule has 2 aromatic rings. The SMILES string of the molecule is CN(C(=O)C1(c2ccccc2)CCCC1)c1ccc(OCC(=O)O)cc1. The Kier molecular flexibility index (Phi) is 5.26. The molecule has 1 fully saturated rings. The lowest BCUT2D eigenvalue weighted by molar-refractivity contribution is -0.139. The highest BCUT2D eigenvalue weighted by atomic mass is 16.5. The highest BCUT2D eigenvalue weighted by Crippen LogP contribution is 2.43. The van der Waals surface area contributed by atoms with E-state index in [1.54, 1.807) is 36.2 Å². The minimum atomic E-state index is -1.02. The zero-order valence-electron chi connectivity index (χ0n) is 14.9. The fourth-order valence-electron chi connectivity index (χ4n) is 3.71. The minimum absolute atomic E-state index is 0.0976. The van der Waals surface area contributed by atoms with Crippen molar-refractivity contribution in [2.45, 2.75) is 31.1 Å². The molecule has 0 aliphatic heterocycles. The lowest BCUT2D eigenvalue weighted by Gasteiger charge is -2.33. The third-order valence-electron chi connectivity index (χ3n) is 5.08. The molecule has 1 N–H and O–H groups in total. The maximum atomic E-state index is 13.4. The van der Waals surface area contributed by atoms with E-state index >= 15 is 0 Å². The highest BCUT2D eigenvalue weighted by molar-refractivity contribution is 6.01. The fraction of sp³-hybridized carbons (Fsp3) is 0.333. The van der Waals surface area contributed by atoms with E-state index in [-0.39, 0.29) is 12.5 Å². The third-order valence-corrected chi connectivity index (χ3v) is 5.08. The van der Waals surface area contributed by atoms with E-state index in [0.717, 1.165) is 36.9 Å². The number of carboxylic acid groups (broad SMARTS) is 1. The molecule has 1 aliphatic carbocycles. The molecular weight excluding hydrogens is 330 g/mol. The van der Waals surface area contributed by atoms with Gasteiger partial charge in [0.15, 0.2) is 6.61 Å². The van der Waals surface area contributed by atoms with E-state index in [0.29, 0.717) is 5.75 Å². The summed E-state index contributed by atoms with van der Waals surface area (Å²) >= 11 is 0. The topological polar surface area (TPSA) is 66.8 Å². The van der Waals surface area contributed by atoms with Crippen LogP contribution in [0.25, 0.3) is 0 Å². The van der Waals surface area contributed by atoms with Crippen LogP contribution >= 0.6 is 0 Å². The van der Waals surface area contributed by atoms with Crippen LogP contribution in [0.2, 0.25) is 0 Å². The number of rotatable bonds is 6. The molecule has 0 atom stereocenters. The van der Waals surface area contributed by atoms with Gasteiger partial charge in [0.1, 0.15) is 5.75 Å². The summed E-state index contributed by atoms with van der Waals surface area (Å²) in [6, 6.07) is 17.0. The van der Waals surface area contributed by atoms with Crippen molar-refractivity contribution in [2.24, 2.45) is 0 Å². The molecule has 1 amide bonds. The molecule has 0 saturated heterocycles. The summed E-state index contributed by atoms with van der Waals surface area (Å²) in [5.74, 6) is -0.455. The maximum Gasteiger partial charge on any atom is 0.341 e. The van der Waals surface area contributed by atoms with Gasteiger partial charge in [-0.1, -0.05) is 43.2 Å². The summed E-state index contributed by atoms with van der Waals surface area (Å²) in [5, 5.41) is 8.67. The number of hydrogen-bond acceptors (Lipinski definition) is 3. The van der Waals surface area contributed by atoms with Gasteiger partial charge >= 0.3 is 5.97 Å². The van der Waals surface area contributed by atoms with Gasteiger partial charge in [-0.2, -0.15) is 0 Å². The Morgan fingerprint density at radius 2 is 1.65 bits per heavy atom. The number of ether oxygens (including phenoxy) is 1. The van der Waals surface area contributed by atoms with Crippen LogP contribution in [0, 0.1) is 0 Å². The molecule has 0 bridgehead atoms. The van der Waals surface area contributed by atoms with E-state index in [4.69, 9.17) is 9.84 Å². The van der Waals surface area contributed by atoms with Gasteiger partial charge in [-0.05, 0) is 42.7 Å². The standard InChI is InChI=1S/C21H23NO4/c1-22(17-9-11-18(12-10-17)26-15-19(23)24)20(25)21(13-5-6-14-21)16-7-3-2-4-8-16/h2-4,7-12H,5-6,13-15H2,1H3,(H,23,24). The third kappa shape index (κ3) is 3.57. The van der Waals surface area contributed by atoms with Gasteiger partial charge in [0.25, 0.3) is 0 Å². The van der Waals surface area contributed by atoms with Crippen LogP contribution in [0.1, 0.15) is 31.2 Å². The molecule has 1 aliphatic rings. The van der Waals surface area contributed by atoms with Crippen molar-refractivity contribution in [3.63, 3.8) is 0 Å². The number of hydrogen-bond donors (Lipinski definition) is 1. The fourth-order valence-corrected chi connectivity index (χ4v) is 3.71. The van der Waals surface area contributed by atoms with Gasteiger partial charge in [0, 0.05) is 12.7 Å². The van der Waals surface area contributed by atoms with E-state index in [1.807, 2.05) is 30.3 Å². The van der Waals surface area contributed by atoms with Gasteiger partial charge in [-0.15, -0.1) is 0 Å². The predicted octanol–water partition coefficient (Wildman–Crippen LogP) is 3.62. The van der Waals surface area contributed by atoms with Crippen molar-refractivity contribution in [3.8, 4) is 5.75 Å².